The van der Waals surface area contributed by atoms with E-state index in [-0.39, 0.29) is 5.69 Å². The van der Waals surface area contributed by atoms with Gasteiger partial charge in [0.2, 0.25) is 5.91 Å². The third-order valence-electron chi connectivity index (χ3n) is 3.87. The van der Waals surface area contributed by atoms with Crippen LogP contribution in [0, 0.1) is 17.3 Å². The summed E-state index contributed by atoms with van der Waals surface area (Å²) in [4.78, 5) is 23.1. The molecule has 2 N–H and O–H groups in total. The summed E-state index contributed by atoms with van der Waals surface area (Å²) in [6.07, 6.45) is -4.59. The number of para-hydroxylation sites is 1. The minimum atomic E-state index is -4.59. The van der Waals surface area contributed by atoms with E-state index in [1.165, 1.54) is 12.1 Å². The number of carbonyl (C=O) groups excluding carboxylic acids is 1. The van der Waals surface area contributed by atoms with Gasteiger partial charge in [-0.15, -0.1) is 0 Å². The molecule has 2 rings (SSSR count). The molecular formula is C14H14F3NO3. The maximum absolute atomic E-state index is 12.8. The standard InChI is InChI=1S/C14H14F3NO3/c1-13(2)9(10(13)12(20)21)11(19)18-8-6-4-3-5-7(8)14(15,16)17/h3-6,9-10H,1-2H3,(H,18,19)(H,20,21)/t9-,10+/m1/s1. The molecule has 4 nitrogen and oxygen atoms in total. The van der Waals surface area contributed by atoms with E-state index in [4.69, 9.17) is 5.11 Å². The molecule has 1 aliphatic rings. The van der Waals surface area contributed by atoms with E-state index >= 15 is 0 Å². The average molecular weight is 301 g/mol. The molecule has 0 aromatic heterocycles. The largest absolute Gasteiger partial charge is 0.481 e. The van der Waals surface area contributed by atoms with Gasteiger partial charge < -0.3 is 10.4 Å². The molecule has 7 heteroatoms. The molecule has 1 saturated carbocycles. The quantitative estimate of drug-likeness (QED) is 0.902. The Kier molecular flexibility index (Phi) is 3.47. The second kappa shape index (κ2) is 4.75. The highest BCUT2D eigenvalue weighted by atomic mass is 19.4. The number of halogens is 3. The Morgan fingerprint density at radius 1 is 1.19 bits per heavy atom. The summed E-state index contributed by atoms with van der Waals surface area (Å²) in [5.41, 5.74) is -2.08. The number of rotatable bonds is 3. The first-order chi connectivity index (χ1) is 9.56. The van der Waals surface area contributed by atoms with Crippen molar-refractivity contribution in [2.75, 3.05) is 5.32 Å². The Hall–Kier alpha value is -2.05. The number of carboxylic acid groups (broad SMARTS) is 1. The van der Waals surface area contributed by atoms with E-state index < -0.39 is 40.9 Å². The van der Waals surface area contributed by atoms with Crippen LogP contribution in [-0.2, 0) is 15.8 Å². The van der Waals surface area contributed by atoms with E-state index in [1.807, 2.05) is 0 Å². The Morgan fingerprint density at radius 3 is 2.24 bits per heavy atom. The third kappa shape index (κ3) is 2.72. The predicted octanol–water partition coefficient (Wildman–Crippen LogP) is 3.00. The number of nitrogens with one attached hydrogen (secondary N) is 1. The predicted molar refractivity (Wildman–Crippen MR) is 68.5 cm³/mol. The minimum Gasteiger partial charge on any atom is -0.481 e. The summed E-state index contributed by atoms with van der Waals surface area (Å²) in [6.45, 7) is 3.21. The molecule has 1 aromatic rings. The first-order valence-electron chi connectivity index (χ1n) is 6.26. The Balaban J connectivity index is 2.21. The van der Waals surface area contributed by atoms with Crippen LogP contribution in [0.25, 0.3) is 0 Å². The fraction of sp³-hybridized carbons (Fsp3) is 0.429. The van der Waals surface area contributed by atoms with Gasteiger partial charge in [0.15, 0.2) is 0 Å². The molecule has 0 aliphatic heterocycles. The van der Waals surface area contributed by atoms with Crippen molar-refractivity contribution in [1.29, 1.82) is 0 Å². The van der Waals surface area contributed by atoms with Crippen LogP contribution in [0.5, 0.6) is 0 Å². The number of amides is 1. The third-order valence-corrected chi connectivity index (χ3v) is 3.87. The smallest absolute Gasteiger partial charge is 0.418 e. The molecule has 114 valence electrons. The SMILES string of the molecule is CC1(C)[C@H](C(=O)O)[C@@H]1C(=O)Nc1ccccc1C(F)(F)F. The van der Waals surface area contributed by atoms with Crippen molar-refractivity contribution in [3.05, 3.63) is 29.8 Å². The highest BCUT2D eigenvalue weighted by Gasteiger charge is 2.66. The molecule has 0 saturated heterocycles. The van der Waals surface area contributed by atoms with Crippen LogP contribution in [0.2, 0.25) is 0 Å². The molecule has 0 radical (unpaired) electrons. The van der Waals surface area contributed by atoms with Gasteiger partial charge in [0, 0.05) is 0 Å². The normalized spacial score (nSPS) is 23.5. The van der Waals surface area contributed by atoms with Crippen molar-refractivity contribution in [3.8, 4) is 0 Å². The zero-order chi connectivity index (χ0) is 16.0. The van der Waals surface area contributed by atoms with E-state index in [2.05, 4.69) is 5.32 Å². The monoisotopic (exact) mass is 301 g/mol. The fourth-order valence-electron chi connectivity index (χ4n) is 2.64. The van der Waals surface area contributed by atoms with Gasteiger partial charge in [-0.3, -0.25) is 9.59 Å². The Morgan fingerprint density at radius 2 is 1.76 bits per heavy atom. The van der Waals surface area contributed by atoms with E-state index in [9.17, 15) is 22.8 Å². The van der Waals surface area contributed by atoms with Crippen LogP contribution in [-0.4, -0.2) is 17.0 Å². The lowest BCUT2D eigenvalue weighted by atomic mass is 10.1. The van der Waals surface area contributed by atoms with Crippen LogP contribution < -0.4 is 5.32 Å². The highest BCUT2D eigenvalue weighted by Crippen LogP contribution is 2.58. The number of anilines is 1. The number of carbonyl (C=O) groups is 2. The van der Waals surface area contributed by atoms with Crippen molar-refractivity contribution in [2.45, 2.75) is 20.0 Å². The van der Waals surface area contributed by atoms with Gasteiger partial charge >= 0.3 is 12.1 Å². The van der Waals surface area contributed by atoms with E-state index in [0.29, 0.717) is 0 Å². The zero-order valence-electron chi connectivity index (χ0n) is 11.4. The molecule has 1 fully saturated rings. The Bertz CT molecular complexity index is 595. The van der Waals surface area contributed by atoms with Crippen molar-refractivity contribution in [2.24, 2.45) is 17.3 Å². The molecule has 1 aromatic carbocycles. The zero-order valence-corrected chi connectivity index (χ0v) is 11.4. The van der Waals surface area contributed by atoms with E-state index in [1.54, 1.807) is 13.8 Å². The lowest BCUT2D eigenvalue weighted by Gasteiger charge is -2.13. The van der Waals surface area contributed by atoms with Gasteiger partial charge in [0.05, 0.1) is 23.1 Å². The van der Waals surface area contributed by atoms with Gasteiger partial charge in [-0.2, -0.15) is 13.2 Å². The number of hydrogen-bond acceptors (Lipinski definition) is 2. The van der Waals surface area contributed by atoms with Gasteiger partial charge in [-0.1, -0.05) is 26.0 Å². The average Bonchev–Trinajstić information content (AvgIpc) is 2.92. The number of alkyl halides is 3. The first kappa shape index (κ1) is 15.3. The molecule has 0 bridgehead atoms. The molecule has 21 heavy (non-hydrogen) atoms. The van der Waals surface area contributed by atoms with Crippen LogP contribution in [0.1, 0.15) is 19.4 Å². The fourth-order valence-corrected chi connectivity index (χ4v) is 2.64. The van der Waals surface area contributed by atoms with Crippen molar-refractivity contribution >= 4 is 17.6 Å². The topological polar surface area (TPSA) is 66.4 Å². The molecule has 2 atom stereocenters. The number of aliphatic carboxylic acids is 1. The van der Waals surface area contributed by atoms with E-state index in [0.717, 1.165) is 12.1 Å². The van der Waals surface area contributed by atoms with Crippen LogP contribution in [0.4, 0.5) is 18.9 Å². The van der Waals surface area contributed by atoms with Crippen LogP contribution in [0.15, 0.2) is 24.3 Å². The van der Waals surface area contributed by atoms with Crippen molar-refractivity contribution < 1.29 is 27.9 Å². The first-order valence-corrected chi connectivity index (χ1v) is 6.26. The summed E-state index contributed by atoms with van der Waals surface area (Å²) in [7, 11) is 0. The summed E-state index contributed by atoms with van der Waals surface area (Å²) in [6, 6.07) is 4.60. The van der Waals surface area contributed by atoms with Gasteiger partial charge in [0.1, 0.15) is 0 Å². The maximum Gasteiger partial charge on any atom is 0.418 e. The van der Waals surface area contributed by atoms with Gasteiger partial charge in [-0.05, 0) is 17.5 Å². The van der Waals surface area contributed by atoms with Crippen molar-refractivity contribution in [3.63, 3.8) is 0 Å². The molecule has 0 heterocycles. The van der Waals surface area contributed by atoms with Crippen LogP contribution >= 0.6 is 0 Å². The molecule has 0 spiro atoms. The second-order valence-corrected chi connectivity index (χ2v) is 5.65. The number of benzene rings is 1. The lowest BCUT2D eigenvalue weighted by molar-refractivity contribution is -0.140. The van der Waals surface area contributed by atoms with Gasteiger partial charge in [-0.25, -0.2) is 0 Å². The molecule has 0 unspecified atom stereocenters. The van der Waals surface area contributed by atoms with Crippen LogP contribution in [0.3, 0.4) is 0 Å². The van der Waals surface area contributed by atoms with Crippen molar-refractivity contribution in [1.82, 2.24) is 0 Å². The summed E-state index contributed by atoms with van der Waals surface area (Å²) < 4.78 is 38.5. The van der Waals surface area contributed by atoms with Gasteiger partial charge in [0.25, 0.3) is 0 Å². The summed E-state index contributed by atoms with van der Waals surface area (Å²) in [5, 5.41) is 11.2. The number of carboxylic acids is 1. The summed E-state index contributed by atoms with van der Waals surface area (Å²) >= 11 is 0. The molecular weight excluding hydrogens is 287 g/mol. The minimum absolute atomic E-state index is 0.359. The lowest BCUT2D eigenvalue weighted by Crippen LogP contribution is -2.20. The second-order valence-electron chi connectivity index (χ2n) is 5.65. The Labute approximate surface area is 119 Å². The number of hydrogen-bond donors (Lipinski definition) is 2. The summed E-state index contributed by atoms with van der Waals surface area (Å²) in [5.74, 6) is -3.54. The maximum atomic E-state index is 12.8. The molecule has 1 amide bonds. The highest BCUT2D eigenvalue weighted by molar-refractivity contribution is 6.00. The molecule has 1 aliphatic carbocycles.